The lowest BCUT2D eigenvalue weighted by molar-refractivity contribution is -0.119. The van der Waals surface area contributed by atoms with Gasteiger partial charge < -0.3 is 11.1 Å². The molecule has 1 rings (SSSR count). The lowest BCUT2D eigenvalue weighted by Crippen LogP contribution is -2.34. The van der Waals surface area contributed by atoms with Crippen LogP contribution in [0.15, 0.2) is 18.2 Å². The summed E-state index contributed by atoms with van der Waals surface area (Å²) < 4.78 is 1.14. The van der Waals surface area contributed by atoms with Gasteiger partial charge in [0, 0.05) is 15.3 Å². The first kappa shape index (κ1) is 13.4. The number of hydrogen-bond donors (Lipinski definition) is 2. The van der Waals surface area contributed by atoms with Crippen LogP contribution in [0.5, 0.6) is 0 Å². The molecule has 4 heteroatoms. The summed E-state index contributed by atoms with van der Waals surface area (Å²) in [5, 5.41) is 2.87. The number of benzene rings is 1. The van der Waals surface area contributed by atoms with Gasteiger partial charge in [0.1, 0.15) is 0 Å². The summed E-state index contributed by atoms with van der Waals surface area (Å²) in [5.74, 6) is -0.214. The zero-order valence-corrected chi connectivity index (χ0v) is 11.9. The van der Waals surface area contributed by atoms with Crippen molar-refractivity contribution >= 4 is 34.2 Å². The second-order valence-corrected chi connectivity index (χ2v) is 5.26. The minimum Gasteiger partial charge on any atom is -0.327 e. The molecule has 16 heavy (non-hydrogen) atoms. The second kappa shape index (κ2) is 5.63. The van der Waals surface area contributed by atoms with Gasteiger partial charge in [0.15, 0.2) is 0 Å². The maximum atomic E-state index is 11.8. The van der Waals surface area contributed by atoms with Crippen molar-refractivity contribution in [2.45, 2.75) is 26.8 Å². The Morgan fingerprint density at radius 3 is 2.56 bits per heavy atom. The van der Waals surface area contributed by atoms with Crippen molar-refractivity contribution < 1.29 is 4.79 Å². The molecule has 3 N–H and O–H groups in total. The predicted molar refractivity (Wildman–Crippen MR) is 75.3 cm³/mol. The fourth-order valence-corrected chi connectivity index (χ4v) is 1.68. The number of nitrogens with two attached hydrogens (primary N) is 1. The Kier molecular flexibility index (Phi) is 4.73. The maximum absolute atomic E-state index is 11.8. The Morgan fingerprint density at radius 2 is 2.06 bits per heavy atom. The topological polar surface area (TPSA) is 55.1 Å². The highest BCUT2D eigenvalue weighted by atomic mass is 127. The van der Waals surface area contributed by atoms with E-state index in [-0.39, 0.29) is 17.9 Å². The molecule has 0 aliphatic rings. The monoisotopic (exact) mass is 332 g/mol. The summed E-state index contributed by atoms with van der Waals surface area (Å²) in [7, 11) is 0. The van der Waals surface area contributed by atoms with Gasteiger partial charge in [0.2, 0.25) is 5.91 Å². The number of carbonyl (C=O) groups excluding carboxylic acids is 1. The average Bonchev–Trinajstić information content (AvgIpc) is 2.22. The van der Waals surface area contributed by atoms with E-state index in [1.54, 1.807) is 0 Å². The molecule has 0 aliphatic heterocycles. The van der Waals surface area contributed by atoms with Crippen LogP contribution in [0, 0.1) is 16.4 Å². The van der Waals surface area contributed by atoms with Gasteiger partial charge in [-0.05, 0) is 54.1 Å². The quantitative estimate of drug-likeness (QED) is 0.836. The van der Waals surface area contributed by atoms with Crippen molar-refractivity contribution in [3.63, 3.8) is 0 Å². The van der Waals surface area contributed by atoms with Gasteiger partial charge in [0.25, 0.3) is 0 Å². The van der Waals surface area contributed by atoms with E-state index in [0.29, 0.717) is 0 Å². The van der Waals surface area contributed by atoms with Gasteiger partial charge >= 0.3 is 0 Å². The zero-order chi connectivity index (χ0) is 12.3. The van der Waals surface area contributed by atoms with Crippen molar-refractivity contribution in [3.8, 4) is 0 Å². The summed E-state index contributed by atoms with van der Waals surface area (Å²) >= 11 is 2.25. The van der Waals surface area contributed by atoms with Crippen LogP contribution in [0.1, 0.15) is 19.4 Å². The molecule has 0 heterocycles. The summed E-state index contributed by atoms with van der Waals surface area (Å²) in [6, 6.07) is 5.73. The smallest absolute Gasteiger partial charge is 0.228 e. The Labute approximate surface area is 110 Å². The number of hydrogen-bond acceptors (Lipinski definition) is 2. The highest BCUT2D eigenvalue weighted by molar-refractivity contribution is 14.1. The van der Waals surface area contributed by atoms with Crippen LogP contribution in [0.3, 0.4) is 0 Å². The molecule has 0 aliphatic carbocycles. The summed E-state index contributed by atoms with van der Waals surface area (Å²) in [5.41, 5.74) is 7.72. The van der Waals surface area contributed by atoms with Crippen LogP contribution < -0.4 is 11.1 Å². The van der Waals surface area contributed by atoms with Crippen molar-refractivity contribution in [2.24, 2.45) is 11.7 Å². The third-order valence-corrected chi connectivity index (χ3v) is 3.80. The highest BCUT2D eigenvalue weighted by Crippen LogP contribution is 2.17. The number of rotatable bonds is 3. The minimum absolute atomic E-state index is 0.0327. The molecule has 0 bridgehead atoms. The fraction of sp³-hybridized carbons (Fsp3) is 0.417. The lowest BCUT2D eigenvalue weighted by Gasteiger charge is -2.15. The van der Waals surface area contributed by atoms with Crippen LogP contribution in [-0.4, -0.2) is 11.9 Å². The zero-order valence-electron chi connectivity index (χ0n) is 9.75. The van der Waals surface area contributed by atoms with Crippen molar-refractivity contribution in [3.05, 3.63) is 27.3 Å². The van der Waals surface area contributed by atoms with Gasteiger partial charge in [-0.25, -0.2) is 0 Å². The first-order valence-electron chi connectivity index (χ1n) is 5.24. The van der Waals surface area contributed by atoms with Crippen LogP contribution in [0.2, 0.25) is 0 Å². The van der Waals surface area contributed by atoms with Crippen LogP contribution in [0.25, 0.3) is 0 Å². The van der Waals surface area contributed by atoms with Crippen molar-refractivity contribution in [1.82, 2.24) is 0 Å². The molecule has 0 saturated carbocycles. The average molecular weight is 332 g/mol. The number of amides is 1. The molecule has 0 radical (unpaired) electrons. The largest absolute Gasteiger partial charge is 0.327 e. The normalized spacial score (nSPS) is 14.3. The molecule has 0 saturated heterocycles. The molecular weight excluding hydrogens is 315 g/mol. The van der Waals surface area contributed by atoms with Gasteiger partial charge in [0.05, 0.1) is 5.92 Å². The molecule has 1 aromatic rings. The van der Waals surface area contributed by atoms with E-state index in [0.717, 1.165) is 9.26 Å². The van der Waals surface area contributed by atoms with E-state index >= 15 is 0 Å². The first-order valence-corrected chi connectivity index (χ1v) is 6.32. The second-order valence-electron chi connectivity index (χ2n) is 4.10. The Hall–Kier alpha value is -0.620. The molecule has 2 unspecified atom stereocenters. The molecule has 0 spiro atoms. The fourth-order valence-electron chi connectivity index (χ4n) is 1.17. The number of aryl methyl sites for hydroxylation is 1. The Balaban J connectivity index is 2.74. The lowest BCUT2D eigenvalue weighted by atomic mass is 10.0. The van der Waals surface area contributed by atoms with Crippen LogP contribution in [0.4, 0.5) is 5.69 Å². The molecular formula is C12H17IN2O. The number of halogens is 1. The van der Waals surface area contributed by atoms with Crippen molar-refractivity contribution in [2.75, 3.05) is 5.32 Å². The van der Waals surface area contributed by atoms with E-state index in [2.05, 4.69) is 27.9 Å². The van der Waals surface area contributed by atoms with Gasteiger partial charge in [-0.1, -0.05) is 13.0 Å². The Bertz CT molecular complexity index is 391. The number of anilines is 1. The summed E-state index contributed by atoms with van der Waals surface area (Å²) in [6.45, 7) is 5.71. The molecule has 1 amide bonds. The van der Waals surface area contributed by atoms with Gasteiger partial charge in [-0.3, -0.25) is 4.79 Å². The number of nitrogens with one attached hydrogen (secondary N) is 1. The molecule has 0 aromatic heterocycles. The van der Waals surface area contributed by atoms with E-state index in [9.17, 15) is 4.79 Å². The van der Waals surface area contributed by atoms with E-state index < -0.39 is 0 Å². The standard InChI is InChI=1S/C12H17IN2O/c1-7-4-5-10(6-11(7)13)15-12(16)8(2)9(3)14/h4-6,8-9H,14H2,1-3H3,(H,15,16). The summed E-state index contributed by atoms with van der Waals surface area (Å²) in [4.78, 5) is 11.8. The Morgan fingerprint density at radius 1 is 1.44 bits per heavy atom. The van der Waals surface area contributed by atoms with E-state index in [1.807, 2.05) is 39.0 Å². The molecule has 1 aromatic carbocycles. The van der Waals surface area contributed by atoms with Crippen LogP contribution >= 0.6 is 22.6 Å². The van der Waals surface area contributed by atoms with Crippen LogP contribution in [-0.2, 0) is 4.79 Å². The SMILES string of the molecule is Cc1ccc(NC(=O)C(C)C(C)N)cc1I. The molecule has 2 atom stereocenters. The van der Waals surface area contributed by atoms with E-state index in [1.165, 1.54) is 5.56 Å². The third kappa shape index (κ3) is 3.45. The maximum Gasteiger partial charge on any atom is 0.228 e. The van der Waals surface area contributed by atoms with Gasteiger partial charge in [-0.2, -0.15) is 0 Å². The predicted octanol–water partition coefficient (Wildman–Crippen LogP) is 2.52. The first-order chi connectivity index (χ1) is 7.41. The molecule has 0 fully saturated rings. The number of carbonyl (C=O) groups is 1. The molecule has 3 nitrogen and oxygen atoms in total. The highest BCUT2D eigenvalue weighted by Gasteiger charge is 2.16. The van der Waals surface area contributed by atoms with Crippen molar-refractivity contribution in [1.29, 1.82) is 0 Å². The summed E-state index contributed by atoms with van der Waals surface area (Å²) in [6.07, 6.45) is 0. The van der Waals surface area contributed by atoms with E-state index in [4.69, 9.17) is 5.73 Å². The molecule has 88 valence electrons. The van der Waals surface area contributed by atoms with Gasteiger partial charge in [-0.15, -0.1) is 0 Å². The third-order valence-electron chi connectivity index (χ3n) is 2.64. The minimum atomic E-state index is -0.182.